The highest BCUT2D eigenvalue weighted by atomic mass is 16.2. The Morgan fingerprint density at radius 1 is 1.04 bits per heavy atom. The van der Waals surface area contributed by atoms with Crippen molar-refractivity contribution in [2.75, 3.05) is 26.2 Å². The van der Waals surface area contributed by atoms with Gasteiger partial charge in [-0.1, -0.05) is 30.3 Å². The summed E-state index contributed by atoms with van der Waals surface area (Å²) in [6, 6.07) is 12.4. The topological polar surface area (TPSA) is 65.1 Å². The predicted molar refractivity (Wildman–Crippen MR) is 109 cm³/mol. The molecule has 0 radical (unpaired) electrons. The molecule has 0 atom stereocenters. The zero-order valence-electron chi connectivity index (χ0n) is 16.0. The number of benzene rings is 1. The first-order valence-electron chi connectivity index (χ1n) is 10.2. The maximum absolute atomic E-state index is 13.0. The van der Waals surface area contributed by atoms with Crippen molar-refractivity contribution in [2.24, 2.45) is 0 Å². The molecule has 2 saturated heterocycles. The minimum Gasteiger partial charge on any atom is -0.337 e. The number of H-pyrrole nitrogens is 1. The number of hydrogen-bond donors (Lipinski definition) is 1. The highest BCUT2D eigenvalue weighted by Gasteiger charge is 2.29. The van der Waals surface area contributed by atoms with Crippen molar-refractivity contribution < 1.29 is 4.79 Å². The van der Waals surface area contributed by atoms with Crippen LogP contribution in [0.2, 0.25) is 0 Å². The maximum atomic E-state index is 13.0. The lowest BCUT2D eigenvalue weighted by Crippen LogP contribution is -2.46. The molecule has 3 aromatic rings. The van der Waals surface area contributed by atoms with Gasteiger partial charge >= 0.3 is 0 Å². The molecule has 2 fully saturated rings. The summed E-state index contributed by atoms with van der Waals surface area (Å²) in [5.41, 5.74) is 2.29. The molecule has 1 aromatic carbocycles. The smallest absolute Gasteiger partial charge is 0.270 e. The Morgan fingerprint density at radius 3 is 2.54 bits per heavy atom. The number of aromatic amines is 1. The van der Waals surface area contributed by atoms with Gasteiger partial charge in [0, 0.05) is 36.3 Å². The molecule has 6 nitrogen and oxygen atoms in total. The predicted octanol–water partition coefficient (Wildman–Crippen LogP) is 3.33. The lowest BCUT2D eigenvalue weighted by Gasteiger charge is -2.36. The monoisotopic (exact) mass is 375 g/mol. The van der Waals surface area contributed by atoms with E-state index < -0.39 is 0 Å². The molecule has 1 N–H and O–H groups in total. The van der Waals surface area contributed by atoms with Crippen molar-refractivity contribution in [2.45, 2.75) is 31.7 Å². The van der Waals surface area contributed by atoms with Gasteiger partial charge in [-0.05, 0) is 44.8 Å². The van der Waals surface area contributed by atoms with Crippen molar-refractivity contribution in [3.8, 4) is 11.4 Å². The molecule has 2 aromatic heterocycles. The van der Waals surface area contributed by atoms with Gasteiger partial charge in [-0.25, -0.2) is 9.97 Å². The molecule has 144 valence electrons. The number of carbonyl (C=O) groups is 1. The molecule has 6 heteroatoms. The lowest BCUT2D eigenvalue weighted by molar-refractivity contribution is 0.0639. The van der Waals surface area contributed by atoms with Crippen LogP contribution in [0.25, 0.3) is 22.4 Å². The van der Waals surface area contributed by atoms with Crippen molar-refractivity contribution >= 4 is 16.9 Å². The number of carbonyl (C=O) groups excluding carboxylic acids is 1. The normalized spacial score (nSPS) is 18.8. The third kappa shape index (κ3) is 3.29. The van der Waals surface area contributed by atoms with Crippen LogP contribution in [0.4, 0.5) is 0 Å². The van der Waals surface area contributed by atoms with Gasteiger partial charge < -0.3 is 14.8 Å². The van der Waals surface area contributed by atoms with Crippen LogP contribution in [0.3, 0.4) is 0 Å². The number of fused-ring (bicyclic) bond motifs is 1. The maximum Gasteiger partial charge on any atom is 0.270 e. The molecule has 0 unspecified atom stereocenters. The van der Waals surface area contributed by atoms with E-state index in [-0.39, 0.29) is 5.91 Å². The van der Waals surface area contributed by atoms with E-state index in [4.69, 9.17) is 0 Å². The molecular formula is C22H25N5O. The molecule has 28 heavy (non-hydrogen) atoms. The summed E-state index contributed by atoms with van der Waals surface area (Å²) < 4.78 is 0. The van der Waals surface area contributed by atoms with Gasteiger partial charge in [0.25, 0.3) is 5.91 Å². The van der Waals surface area contributed by atoms with E-state index in [2.05, 4.69) is 19.9 Å². The van der Waals surface area contributed by atoms with Crippen molar-refractivity contribution in [3.63, 3.8) is 0 Å². The molecule has 4 heterocycles. The molecule has 0 saturated carbocycles. The highest BCUT2D eigenvalue weighted by Crippen LogP contribution is 2.23. The first kappa shape index (κ1) is 17.4. The molecule has 2 aliphatic heterocycles. The van der Waals surface area contributed by atoms with Gasteiger partial charge in [-0.15, -0.1) is 0 Å². The van der Waals surface area contributed by atoms with Crippen LogP contribution in [-0.4, -0.2) is 62.9 Å². The number of piperidine rings is 1. The number of rotatable bonds is 3. The van der Waals surface area contributed by atoms with E-state index in [1.165, 1.54) is 25.9 Å². The van der Waals surface area contributed by atoms with E-state index in [1.54, 1.807) is 6.20 Å². The largest absolute Gasteiger partial charge is 0.337 e. The minimum atomic E-state index is 0.0686. The Balaban J connectivity index is 1.31. The zero-order chi connectivity index (χ0) is 18.9. The number of hydrogen-bond acceptors (Lipinski definition) is 4. The molecule has 0 spiro atoms. The first-order valence-corrected chi connectivity index (χ1v) is 10.2. The second-order valence-corrected chi connectivity index (χ2v) is 7.81. The Bertz CT molecular complexity index is 969. The van der Waals surface area contributed by atoms with Gasteiger partial charge in [0.2, 0.25) is 0 Å². The summed E-state index contributed by atoms with van der Waals surface area (Å²) in [7, 11) is 0. The number of nitrogens with one attached hydrogen (secondary N) is 1. The molecule has 0 aliphatic carbocycles. The fourth-order valence-corrected chi connectivity index (χ4v) is 4.47. The van der Waals surface area contributed by atoms with E-state index in [0.717, 1.165) is 36.9 Å². The first-order chi connectivity index (χ1) is 13.8. The SMILES string of the molecule is O=C(c1cc2cnc(-c3ccccc3)nc2[nH]1)N1CCC(N2CCCC2)CC1. The van der Waals surface area contributed by atoms with Gasteiger partial charge in [0.05, 0.1) is 0 Å². The number of nitrogens with zero attached hydrogens (tertiary/aromatic N) is 4. The second-order valence-electron chi connectivity index (χ2n) is 7.81. The third-order valence-corrected chi connectivity index (χ3v) is 6.04. The van der Waals surface area contributed by atoms with Crippen LogP contribution < -0.4 is 0 Å². The summed E-state index contributed by atoms with van der Waals surface area (Å²) in [6.45, 7) is 4.11. The summed E-state index contributed by atoms with van der Waals surface area (Å²) in [6.07, 6.45) is 6.58. The van der Waals surface area contributed by atoms with Crippen molar-refractivity contribution in [3.05, 3.63) is 48.3 Å². The van der Waals surface area contributed by atoms with Crippen LogP contribution in [0, 0.1) is 0 Å². The van der Waals surface area contributed by atoms with E-state index in [0.29, 0.717) is 23.2 Å². The minimum absolute atomic E-state index is 0.0686. The zero-order valence-corrected chi connectivity index (χ0v) is 16.0. The third-order valence-electron chi connectivity index (χ3n) is 6.04. The Morgan fingerprint density at radius 2 is 1.79 bits per heavy atom. The average Bonchev–Trinajstić information content (AvgIpc) is 3.43. The van der Waals surface area contributed by atoms with Crippen LogP contribution in [0.15, 0.2) is 42.6 Å². The van der Waals surface area contributed by atoms with Crippen LogP contribution in [0.1, 0.15) is 36.2 Å². The van der Waals surface area contributed by atoms with Crippen LogP contribution in [0.5, 0.6) is 0 Å². The van der Waals surface area contributed by atoms with Crippen LogP contribution >= 0.6 is 0 Å². The van der Waals surface area contributed by atoms with Crippen molar-refractivity contribution in [1.82, 2.24) is 24.8 Å². The molecular weight excluding hydrogens is 350 g/mol. The summed E-state index contributed by atoms with van der Waals surface area (Å²) in [4.78, 5) is 29.8. The van der Waals surface area contributed by atoms with E-state index >= 15 is 0 Å². The molecule has 1 amide bonds. The quantitative estimate of drug-likeness (QED) is 0.763. The van der Waals surface area contributed by atoms with Gasteiger partial charge in [-0.2, -0.15) is 0 Å². The Hall–Kier alpha value is -2.73. The number of amides is 1. The van der Waals surface area contributed by atoms with Crippen LogP contribution in [-0.2, 0) is 0 Å². The molecule has 5 rings (SSSR count). The average molecular weight is 375 g/mol. The molecule has 0 bridgehead atoms. The van der Waals surface area contributed by atoms with Gasteiger partial charge in [0.1, 0.15) is 11.3 Å². The lowest BCUT2D eigenvalue weighted by atomic mass is 10.0. The number of aromatic nitrogens is 3. The number of likely N-dealkylation sites (tertiary alicyclic amines) is 2. The Labute approximate surface area is 164 Å². The van der Waals surface area contributed by atoms with Crippen molar-refractivity contribution in [1.29, 1.82) is 0 Å². The molecule has 2 aliphatic rings. The summed E-state index contributed by atoms with van der Waals surface area (Å²) in [5.74, 6) is 0.736. The van der Waals surface area contributed by atoms with E-state index in [9.17, 15) is 4.79 Å². The Kier molecular flexibility index (Phi) is 4.56. The summed E-state index contributed by atoms with van der Waals surface area (Å²) >= 11 is 0. The van der Waals surface area contributed by atoms with Gasteiger partial charge in [0.15, 0.2) is 5.82 Å². The van der Waals surface area contributed by atoms with Gasteiger partial charge in [-0.3, -0.25) is 4.79 Å². The standard InChI is InChI=1S/C22H25N5O/c28-22(27-12-8-18(9-13-27)26-10-4-5-11-26)19-14-17-15-23-20(25-21(17)24-19)16-6-2-1-3-7-16/h1-3,6-7,14-15,18H,4-5,8-13H2,(H,23,24,25). The fourth-order valence-electron chi connectivity index (χ4n) is 4.47. The highest BCUT2D eigenvalue weighted by molar-refractivity contribution is 5.97. The summed E-state index contributed by atoms with van der Waals surface area (Å²) in [5, 5.41) is 0.870. The van der Waals surface area contributed by atoms with E-state index in [1.807, 2.05) is 41.3 Å². The second kappa shape index (κ2) is 7.36. The fraction of sp³-hybridized carbons (Fsp3) is 0.409.